The molecule has 17 heavy (non-hydrogen) atoms. The van der Waals surface area contributed by atoms with E-state index in [0.29, 0.717) is 11.8 Å². The number of rotatable bonds is 3. The monoisotopic (exact) mass is 222 g/mol. The third-order valence-corrected chi connectivity index (χ3v) is 3.57. The Balaban J connectivity index is 2.52. The second-order valence-electron chi connectivity index (χ2n) is 4.63. The molecule has 0 saturated heterocycles. The largest absolute Gasteiger partial charge is 0.154 e. The smallest absolute Gasteiger partial charge is 0.0985 e. The van der Waals surface area contributed by atoms with Crippen molar-refractivity contribution in [3.05, 3.63) is 60.2 Å². The average molecular weight is 222 g/mol. The molecule has 1 aliphatic rings. The maximum absolute atomic E-state index is 3.94. The lowest BCUT2D eigenvalue weighted by atomic mass is 9.66. The molecular weight excluding hydrogens is 203 g/mol. The van der Waals surface area contributed by atoms with Crippen LogP contribution in [0.1, 0.15) is 24.0 Å². The first-order valence-electron chi connectivity index (χ1n) is 6.37. The lowest BCUT2D eigenvalue weighted by molar-refractivity contribution is 0.637. The van der Waals surface area contributed by atoms with Crippen molar-refractivity contribution < 1.29 is 0 Å². The van der Waals surface area contributed by atoms with Crippen molar-refractivity contribution in [1.29, 1.82) is 0 Å². The van der Waals surface area contributed by atoms with Crippen LogP contribution < -0.4 is 5.46 Å². The van der Waals surface area contributed by atoms with Gasteiger partial charge in [-0.05, 0) is 17.0 Å². The number of benzene rings is 1. The Morgan fingerprint density at radius 1 is 1.24 bits per heavy atom. The van der Waals surface area contributed by atoms with E-state index in [1.807, 2.05) is 6.08 Å². The molecule has 0 bridgehead atoms. The first kappa shape index (κ1) is 12.0. The van der Waals surface area contributed by atoms with Crippen molar-refractivity contribution in [2.75, 3.05) is 0 Å². The van der Waals surface area contributed by atoms with Gasteiger partial charge in [0.15, 0.2) is 7.28 Å². The van der Waals surface area contributed by atoms with Crippen LogP contribution in [0.5, 0.6) is 0 Å². The first-order valence-corrected chi connectivity index (χ1v) is 6.37. The zero-order chi connectivity index (χ0) is 12.3. The zero-order valence-electron chi connectivity index (χ0n) is 10.7. The van der Waals surface area contributed by atoms with E-state index < -0.39 is 0 Å². The minimum Gasteiger partial charge on any atom is -0.0985 e. The fraction of sp³-hybridized carbons (Fsp3) is 0.250. The molecule has 0 heterocycles. The van der Waals surface area contributed by atoms with Gasteiger partial charge in [0.05, 0.1) is 0 Å². The molecule has 86 valence electrons. The molecule has 0 spiro atoms. The predicted octanol–water partition coefficient (Wildman–Crippen LogP) is 3.29. The second-order valence-corrected chi connectivity index (χ2v) is 4.63. The van der Waals surface area contributed by atoms with Gasteiger partial charge in [-0.25, -0.2) is 0 Å². The summed E-state index contributed by atoms with van der Waals surface area (Å²) in [7, 11) is 1.08. The fourth-order valence-corrected chi connectivity index (χ4v) is 2.60. The molecule has 0 aliphatic heterocycles. The third-order valence-electron chi connectivity index (χ3n) is 3.57. The molecule has 0 amide bonds. The summed E-state index contributed by atoms with van der Waals surface area (Å²) in [6.07, 6.45) is 10.9. The van der Waals surface area contributed by atoms with Crippen LogP contribution in [0, 0.1) is 5.92 Å². The number of hydrogen-bond donors (Lipinski definition) is 0. The summed E-state index contributed by atoms with van der Waals surface area (Å²) in [6, 6.07) is 6.54. The van der Waals surface area contributed by atoms with E-state index >= 15 is 0 Å². The summed E-state index contributed by atoms with van der Waals surface area (Å²) in [4.78, 5) is 0. The third kappa shape index (κ3) is 2.29. The van der Waals surface area contributed by atoms with E-state index in [1.54, 1.807) is 0 Å². The molecule has 2 rings (SSSR count). The molecule has 0 aromatic heterocycles. The van der Waals surface area contributed by atoms with Gasteiger partial charge in [0.2, 0.25) is 0 Å². The predicted molar refractivity (Wildman–Crippen MR) is 79.4 cm³/mol. The van der Waals surface area contributed by atoms with Gasteiger partial charge >= 0.3 is 0 Å². The molecule has 1 heteroatoms. The van der Waals surface area contributed by atoms with Crippen molar-refractivity contribution >= 4 is 18.8 Å². The molecule has 2 unspecified atom stereocenters. The van der Waals surface area contributed by atoms with Crippen LogP contribution >= 0.6 is 0 Å². The van der Waals surface area contributed by atoms with Gasteiger partial charge in [-0.15, -0.1) is 0 Å². The van der Waals surface area contributed by atoms with Crippen molar-refractivity contribution in [3.63, 3.8) is 0 Å². The summed E-state index contributed by atoms with van der Waals surface area (Å²) in [5.74, 6) is 1.05. The van der Waals surface area contributed by atoms with E-state index in [0.717, 1.165) is 7.28 Å². The van der Waals surface area contributed by atoms with Gasteiger partial charge < -0.3 is 0 Å². The molecule has 0 fully saturated rings. The van der Waals surface area contributed by atoms with E-state index in [-0.39, 0.29) is 0 Å². The van der Waals surface area contributed by atoms with Gasteiger partial charge in [-0.2, -0.15) is 0 Å². The van der Waals surface area contributed by atoms with Crippen molar-refractivity contribution in [2.24, 2.45) is 5.92 Å². The molecule has 1 aliphatic carbocycles. The van der Waals surface area contributed by atoms with Crippen LogP contribution in [0.25, 0.3) is 6.08 Å². The normalized spacial score (nSPS) is 22.5. The van der Waals surface area contributed by atoms with Gasteiger partial charge in [-0.1, -0.05) is 74.4 Å². The number of hydrogen-bond acceptors (Lipinski definition) is 0. The Labute approximate surface area is 105 Å². The highest BCUT2D eigenvalue weighted by atomic mass is 14.2. The molecule has 0 nitrogen and oxygen atoms in total. The van der Waals surface area contributed by atoms with Crippen LogP contribution in [0.4, 0.5) is 0 Å². The van der Waals surface area contributed by atoms with Gasteiger partial charge in [-0.3, -0.25) is 0 Å². The van der Waals surface area contributed by atoms with Crippen LogP contribution in [-0.2, 0) is 0 Å². The topological polar surface area (TPSA) is 0 Å². The summed E-state index contributed by atoms with van der Waals surface area (Å²) in [6.45, 7) is 8.45. The van der Waals surface area contributed by atoms with E-state index in [4.69, 9.17) is 0 Å². The van der Waals surface area contributed by atoms with Gasteiger partial charge in [0.1, 0.15) is 0 Å². The molecule has 0 radical (unpaired) electrons. The highest BCUT2D eigenvalue weighted by Crippen LogP contribution is 2.31. The summed E-state index contributed by atoms with van der Waals surface area (Å²) in [5.41, 5.74) is 4.18. The highest BCUT2D eigenvalue weighted by Gasteiger charge is 2.20. The van der Waals surface area contributed by atoms with E-state index in [2.05, 4.69) is 62.8 Å². The Bertz CT molecular complexity index is 468. The molecular formula is C16H19B. The maximum atomic E-state index is 3.94. The summed E-state index contributed by atoms with van der Waals surface area (Å²) >= 11 is 0. The van der Waals surface area contributed by atoms with Gasteiger partial charge in [0.25, 0.3) is 0 Å². The van der Waals surface area contributed by atoms with E-state index in [9.17, 15) is 0 Å². The zero-order valence-corrected chi connectivity index (χ0v) is 10.7. The Kier molecular flexibility index (Phi) is 3.68. The minimum atomic E-state index is 0.490. The van der Waals surface area contributed by atoms with Crippen LogP contribution in [0.15, 0.2) is 49.1 Å². The number of allylic oxidation sites excluding steroid dienone is 4. The highest BCUT2D eigenvalue weighted by molar-refractivity contribution is 6.52. The average Bonchev–Trinajstić information content (AvgIpc) is 2.38. The van der Waals surface area contributed by atoms with Gasteiger partial charge in [0, 0.05) is 5.92 Å². The first-order chi connectivity index (χ1) is 8.27. The van der Waals surface area contributed by atoms with Crippen LogP contribution in [0.3, 0.4) is 0 Å². The summed E-state index contributed by atoms with van der Waals surface area (Å²) < 4.78 is 0. The second kappa shape index (κ2) is 5.22. The molecule has 1 aromatic rings. The van der Waals surface area contributed by atoms with Crippen LogP contribution in [0.2, 0.25) is 6.82 Å². The Morgan fingerprint density at radius 3 is 2.65 bits per heavy atom. The molecule has 0 N–H and O–H groups in total. The summed E-state index contributed by atoms with van der Waals surface area (Å²) in [5, 5.41) is 0. The molecule has 1 aromatic carbocycles. The lowest BCUT2D eigenvalue weighted by Crippen LogP contribution is -2.23. The SMILES string of the molecule is C=Cc1cccc(BC)c1C1C=CC=CC1C. The van der Waals surface area contributed by atoms with Crippen molar-refractivity contribution in [1.82, 2.24) is 0 Å². The quantitative estimate of drug-likeness (QED) is 0.688. The lowest BCUT2D eigenvalue weighted by Gasteiger charge is -2.25. The van der Waals surface area contributed by atoms with Crippen molar-refractivity contribution in [3.8, 4) is 0 Å². The molecule has 0 saturated carbocycles. The minimum absolute atomic E-state index is 0.490. The van der Waals surface area contributed by atoms with Crippen LogP contribution in [-0.4, -0.2) is 7.28 Å². The fourth-order valence-electron chi connectivity index (χ4n) is 2.60. The Morgan fingerprint density at radius 2 is 2.00 bits per heavy atom. The maximum Gasteiger partial charge on any atom is 0.154 e. The van der Waals surface area contributed by atoms with E-state index in [1.165, 1.54) is 16.6 Å². The van der Waals surface area contributed by atoms with Crippen molar-refractivity contribution in [2.45, 2.75) is 19.7 Å². The Hall–Kier alpha value is -1.50. The standard InChI is InChI=1S/C16H19B/c1-4-13-9-7-11-15(17-3)16(13)14-10-6-5-8-12(14)2/h4-12,14,17H,1H2,2-3H3. The molecule has 2 atom stereocenters.